The number of benzene rings is 2. The predicted molar refractivity (Wildman–Crippen MR) is 118 cm³/mol. The summed E-state index contributed by atoms with van der Waals surface area (Å²) in [6.45, 7) is 4.66. The number of amides is 2. The van der Waals surface area contributed by atoms with E-state index in [0.29, 0.717) is 5.56 Å². The fourth-order valence-electron chi connectivity index (χ4n) is 3.07. The third-order valence-electron chi connectivity index (χ3n) is 4.73. The van der Waals surface area contributed by atoms with Gasteiger partial charge < -0.3 is 0 Å². The summed E-state index contributed by atoms with van der Waals surface area (Å²) in [5.41, 5.74) is 6.64. The molecule has 1 saturated heterocycles. The van der Waals surface area contributed by atoms with Crippen LogP contribution in [0.5, 0.6) is 0 Å². The minimum absolute atomic E-state index is 0.215. The normalized spacial score (nSPS) is 15.3. The van der Waals surface area contributed by atoms with E-state index in [1.54, 1.807) is 24.3 Å². The number of piperazine rings is 1. The van der Waals surface area contributed by atoms with Gasteiger partial charge in [0.15, 0.2) is 0 Å². The van der Waals surface area contributed by atoms with Gasteiger partial charge in [-0.15, -0.1) is 0 Å². The van der Waals surface area contributed by atoms with Crippen molar-refractivity contribution in [2.75, 3.05) is 39.3 Å². The van der Waals surface area contributed by atoms with E-state index in [1.165, 1.54) is 5.56 Å². The summed E-state index contributed by atoms with van der Waals surface area (Å²) in [7, 11) is 0. The van der Waals surface area contributed by atoms with Crippen LogP contribution in [-0.4, -0.2) is 60.9 Å². The van der Waals surface area contributed by atoms with Crippen molar-refractivity contribution in [3.8, 4) is 0 Å². The van der Waals surface area contributed by atoms with Crippen LogP contribution < -0.4 is 10.9 Å². The number of halogens is 1. The van der Waals surface area contributed by atoms with Crippen LogP contribution in [0.25, 0.3) is 6.08 Å². The highest BCUT2D eigenvalue weighted by molar-refractivity contribution is 9.10. The molecule has 1 aliphatic heterocycles. The van der Waals surface area contributed by atoms with Crippen molar-refractivity contribution >= 4 is 33.8 Å². The van der Waals surface area contributed by atoms with E-state index in [-0.39, 0.29) is 18.4 Å². The number of hydrogen-bond acceptors (Lipinski definition) is 4. The maximum Gasteiger partial charge on any atom is 0.269 e. The summed E-state index contributed by atoms with van der Waals surface area (Å²) >= 11 is 3.33. The van der Waals surface area contributed by atoms with E-state index in [4.69, 9.17) is 0 Å². The minimum Gasteiger partial charge on any atom is -0.297 e. The summed E-state index contributed by atoms with van der Waals surface area (Å²) in [5.74, 6) is -0.547. The first-order chi connectivity index (χ1) is 14.1. The number of carbonyl (C=O) groups excluding carboxylic acids is 2. The number of nitrogens with zero attached hydrogens (tertiary/aromatic N) is 2. The lowest BCUT2D eigenvalue weighted by atomic mass is 10.2. The molecule has 1 heterocycles. The van der Waals surface area contributed by atoms with E-state index in [9.17, 15) is 9.59 Å². The van der Waals surface area contributed by atoms with Gasteiger partial charge in [-0.2, -0.15) is 0 Å². The molecule has 2 N–H and O–H groups in total. The van der Waals surface area contributed by atoms with Gasteiger partial charge in [0.25, 0.3) is 11.8 Å². The molecule has 0 atom stereocenters. The lowest BCUT2D eigenvalue weighted by Gasteiger charge is -2.33. The average Bonchev–Trinajstić information content (AvgIpc) is 2.74. The molecule has 7 heteroatoms. The Bertz CT molecular complexity index is 832. The molecular weight excluding hydrogens is 432 g/mol. The number of hydrazine groups is 1. The zero-order valence-corrected chi connectivity index (χ0v) is 17.8. The molecule has 0 bridgehead atoms. The summed E-state index contributed by atoms with van der Waals surface area (Å²) in [5, 5.41) is 0. The third-order valence-corrected chi connectivity index (χ3v) is 5.26. The van der Waals surface area contributed by atoms with Crippen molar-refractivity contribution in [2.45, 2.75) is 0 Å². The molecule has 0 aromatic heterocycles. The first-order valence-electron chi connectivity index (χ1n) is 9.61. The van der Waals surface area contributed by atoms with Gasteiger partial charge in [-0.05, 0) is 29.8 Å². The fourth-order valence-corrected chi connectivity index (χ4v) is 3.34. The predicted octanol–water partition coefficient (Wildman–Crippen LogP) is 2.54. The van der Waals surface area contributed by atoms with Crippen LogP contribution in [0, 0.1) is 0 Å². The van der Waals surface area contributed by atoms with Crippen LogP contribution in [-0.2, 0) is 4.79 Å². The quantitative estimate of drug-likeness (QED) is 0.655. The lowest BCUT2D eigenvalue weighted by Crippen LogP contribution is -2.51. The van der Waals surface area contributed by atoms with E-state index in [2.05, 4.69) is 60.9 Å². The second kappa shape index (κ2) is 10.9. The van der Waals surface area contributed by atoms with Crippen molar-refractivity contribution < 1.29 is 9.59 Å². The highest BCUT2D eigenvalue weighted by Gasteiger charge is 2.18. The monoisotopic (exact) mass is 456 g/mol. The summed E-state index contributed by atoms with van der Waals surface area (Å²) in [6, 6.07) is 17.2. The van der Waals surface area contributed by atoms with Crippen molar-refractivity contribution in [3.05, 3.63) is 76.3 Å². The Morgan fingerprint density at radius 1 is 0.897 bits per heavy atom. The van der Waals surface area contributed by atoms with Crippen molar-refractivity contribution in [1.82, 2.24) is 20.7 Å². The van der Waals surface area contributed by atoms with E-state index in [1.807, 2.05) is 18.2 Å². The average molecular weight is 457 g/mol. The molecule has 152 valence electrons. The molecule has 1 aliphatic rings. The second-order valence-corrected chi connectivity index (χ2v) is 7.81. The van der Waals surface area contributed by atoms with E-state index < -0.39 is 0 Å². The summed E-state index contributed by atoms with van der Waals surface area (Å²) < 4.78 is 0.896. The molecule has 2 amide bonds. The Balaban J connectivity index is 1.33. The molecule has 6 nitrogen and oxygen atoms in total. The van der Waals surface area contributed by atoms with Crippen molar-refractivity contribution in [1.29, 1.82) is 0 Å². The number of hydrogen-bond donors (Lipinski definition) is 2. The SMILES string of the molecule is O=C(CN1CCN(C/C=C/c2ccccc2)CC1)NNC(=O)c1ccc(Br)cc1. The highest BCUT2D eigenvalue weighted by atomic mass is 79.9. The molecule has 29 heavy (non-hydrogen) atoms. The summed E-state index contributed by atoms with van der Waals surface area (Å²) in [6.07, 6.45) is 4.31. The standard InChI is InChI=1S/C22H25BrN4O2/c23-20-10-8-19(9-11-20)22(29)25-24-21(28)17-27-15-13-26(14-16-27)12-4-7-18-5-2-1-3-6-18/h1-11H,12-17H2,(H,24,28)(H,25,29)/b7-4+. The van der Waals surface area contributed by atoms with Gasteiger partial charge in [-0.25, -0.2) is 0 Å². The molecule has 0 spiro atoms. The van der Waals surface area contributed by atoms with Gasteiger partial charge in [0, 0.05) is 42.8 Å². The maximum atomic E-state index is 12.1. The number of carbonyl (C=O) groups is 2. The van der Waals surface area contributed by atoms with Gasteiger partial charge in [0.1, 0.15) is 0 Å². The topological polar surface area (TPSA) is 64.7 Å². The Labute approximate surface area is 179 Å². The van der Waals surface area contributed by atoms with Crippen LogP contribution >= 0.6 is 15.9 Å². The molecular formula is C22H25BrN4O2. The van der Waals surface area contributed by atoms with Gasteiger partial charge in [0.2, 0.25) is 0 Å². The molecule has 1 fully saturated rings. The molecule has 0 unspecified atom stereocenters. The van der Waals surface area contributed by atoms with Gasteiger partial charge >= 0.3 is 0 Å². The zero-order chi connectivity index (χ0) is 20.5. The third kappa shape index (κ3) is 7.12. The summed E-state index contributed by atoms with van der Waals surface area (Å²) in [4.78, 5) is 28.6. The van der Waals surface area contributed by atoms with Crippen molar-refractivity contribution in [2.24, 2.45) is 0 Å². The Kier molecular flexibility index (Phi) is 7.98. The van der Waals surface area contributed by atoms with Crippen LogP contribution in [0.2, 0.25) is 0 Å². The fraction of sp³-hybridized carbons (Fsp3) is 0.273. The zero-order valence-electron chi connectivity index (χ0n) is 16.2. The Morgan fingerprint density at radius 3 is 2.24 bits per heavy atom. The van der Waals surface area contributed by atoms with Gasteiger partial charge in [0.05, 0.1) is 6.54 Å². The lowest BCUT2D eigenvalue weighted by molar-refractivity contribution is -0.123. The highest BCUT2D eigenvalue weighted by Crippen LogP contribution is 2.10. The Hall–Kier alpha value is -2.48. The first-order valence-corrected chi connectivity index (χ1v) is 10.4. The second-order valence-electron chi connectivity index (χ2n) is 6.90. The minimum atomic E-state index is -0.333. The molecule has 0 aliphatic carbocycles. The van der Waals surface area contributed by atoms with E-state index >= 15 is 0 Å². The number of rotatable bonds is 6. The van der Waals surface area contributed by atoms with Crippen molar-refractivity contribution in [3.63, 3.8) is 0 Å². The van der Waals surface area contributed by atoms with Crippen LogP contribution in [0.1, 0.15) is 15.9 Å². The molecule has 0 saturated carbocycles. The van der Waals surface area contributed by atoms with Crippen LogP contribution in [0.15, 0.2) is 65.1 Å². The van der Waals surface area contributed by atoms with E-state index in [0.717, 1.165) is 37.2 Å². The van der Waals surface area contributed by atoms with Gasteiger partial charge in [-0.3, -0.25) is 30.2 Å². The van der Waals surface area contributed by atoms with Gasteiger partial charge in [-0.1, -0.05) is 58.4 Å². The van der Waals surface area contributed by atoms with Crippen LogP contribution in [0.3, 0.4) is 0 Å². The molecule has 2 aromatic carbocycles. The molecule has 2 aromatic rings. The first kappa shape index (κ1) is 21.2. The largest absolute Gasteiger partial charge is 0.297 e. The molecule has 3 rings (SSSR count). The van der Waals surface area contributed by atoms with Crippen LogP contribution in [0.4, 0.5) is 0 Å². The number of nitrogens with one attached hydrogen (secondary N) is 2. The maximum absolute atomic E-state index is 12.1. The smallest absolute Gasteiger partial charge is 0.269 e. The molecule has 0 radical (unpaired) electrons. The Morgan fingerprint density at radius 2 is 1.55 bits per heavy atom.